The molecule has 0 aliphatic heterocycles. The van der Waals surface area contributed by atoms with E-state index in [1.807, 2.05) is 18.2 Å². The number of para-hydroxylation sites is 1. The molecule has 0 amide bonds. The highest BCUT2D eigenvalue weighted by atomic mass is 15.3. The Kier molecular flexibility index (Phi) is 4.16. The van der Waals surface area contributed by atoms with Crippen molar-refractivity contribution >= 4 is 22.7 Å². The number of rotatable bonds is 5. The van der Waals surface area contributed by atoms with Gasteiger partial charge in [0.2, 0.25) is 5.95 Å². The molecule has 102 valence electrons. The number of anilines is 2. The van der Waals surface area contributed by atoms with Crippen LogP contribution in [0.25, 0.3) is 10.9 Å². The normalized spacial score (nSPS) is 11.0. The van der Waals surface area contributed by atoms with Crippen molar-refractivity contribution in [2.45, 2.75) is 33.2 Å². The number of nitrogen functional groups attached to an aromatic ring is 1. The molecule has 1 aromatic heterocycles. The molecule has 2 rings (SSSR count). The Hall–Kier alpha value is -1.88. The number of hydrogen-bond donors (Lipinski definition) is 2. The minimum absolute atomic E-state index is 0.379. The molecule has 1 aromatic carbocycles. The van der Waals surface area contributed by atoms with E-state index in [9.17, 15) is 0 Å². The van der Waals surface area contributed by atoms with Gasteiger partial charge in [0.1, 0.15) is 5.82 Å². The second-order valence-corrected chi connectivity index (χ2v) is 4.82. The lowest BCUT2D eigenvalue weighted by Crippen LogP contribution is -2.32. The van der Waals surface area contributed by atoms with E-state index in [2.05, 4.69) is 47.1 Å². The van der Waals surface area contributed by atoms with E-state index in [4.69, 9.17) is 5.84 Å². The summed E-state index contributed by atoms with van der Waals surface area (Å²) in [5, 5.41) is 1.06. The molecule has 5 heteroatoms. The summed E-state index contributed by atoms with van der Waals surface area (Å²) in [6.45, 7) is 7.47. The average Bonchev–Trinajstić information content (AvgIpc) is 2.43. The average molecular weight is 259 g/mol. The summed E-state index contributed by atoms with van der Waals surface area (Å²) in [5.74, 6) is 6.86. The molecule has 0 saturated heterocycles. The third kappa shape index (κ3) is 2.76. The summed E-state index contributed by atoms with van der Waals surface area (Å²) in [4.78, 5) is 11.2. The van der Waals surface area contributed by atoms with Gasteiger partial charge in [-0.15, -0.1) is 0 Å². The predicted octanol–water partition coefficient (Wildman–Crippen LogP) is 2.54. The standard InChI is InChI=1S/C14H21N5/c1-4-9-19(10(2)3)13-11-7-5-6-8-12(11)16-14(17-13)18-15/h5-8,10H,4,9,15H2,1-3H3,(H,16,17,18). The SMILES string of the molecule is CCCN(c1nc(NN)nc2ccccc12)C(C)C. The van der Waals surface area contributed by atoms with E-state index in [-0.39, 0.29) is 0 Å². The zero-order chi connectivity index (χ0) is 13.8. The second-order valence-electron chi connectivity index (χ2n) is 4.82. The van der Waals surface area contributed by atoms with Crippen LogP contribution in [-0.2, 0) is 0 Å². The third-order valence-electron chi connectivity index (χ3n) is 3.07. The highest BCUT2D eigenvalue weighted by Gasteiger charge is 2.16. The zero-order valence-corrected chi connectivity index (χ0v) is 11.7. The summed E-state index contributed by atoms with van der Waals surface area (Å²) in [6, 6.07) is 8.39. The van der Waals surface area contributed by atoms with Crippen LogP contribution in [0.4, 0.5) is 11.8 Å². The third-order valence-corrected chi connectivity index (χ3v) is 3.07. The molecule has 0 radical (unpaired) electrons. The van der Waals surface area contributed by atoms with Crippen LogP contribution in [0.15, 0.2) is 24.3 Å². The molecule has 0 aliphatic carbocycles. The van der Waals surface area contributed by atoms with Gasteiger partial charge in [-0.1, -0.05) is 19.1 Å². The van der Waals surface area contributed by atoms with Crippen molar-refractivity contribution in [3.8, 4) is 0 Å². The van der Waals surface area contributed by atoms with E-state index in [1.165, 1.54) is 0 Å². The lowest BCUT2D eigenvalue weighted by atomic mass is 10.2. The molecule has 0 aliphatic rings. The molecule has 19 heavy (non-hydrogen) atoms. The van der Waals surface area contributed by atoms with Gasteiger partial charge in [0.05, 0.1) is 5.52 Å². The maximum atomic E-state index is 5.47. The number of hydrogen-bond acceptors (Lipinski definition) is 5. The lowest BCUT2D eigenvalue weighted by molar-refractivity contribution is 0.664. The van der Waals surface area contributed by atoms with Gasteiger partial charge >= 0.3 is 0 Å². The molecular weight excluding hydrogens is 238 g/mol. The minimum Gasteiger partial charge on any atom is -0.354 e. The summed E-state index contributed by atoms with van der Waals surface area (Å²) >= 11 is 0. The van der Waals surface area contributed by atoms with E-state index >= 15 is 0 Å². The molecule has 0 unspecified atom stereocenters. The number of hydrazine groups is 1. The number of fused-ring (bicyclic) bond motifs is 1. The van der Waals surface area contributed by atoms with Crippen molar-refractivity contribution in [1.29, 1.82) is 0 Å². The van der Waals surface area contributed by atoms with Gasteiger partial charge in [-0.2, -0.15) is 4.98 Å². The van der Waals surface area contributed by atoms with E-state index in [0.29, 0.717) is 12.0 Å². The van der Waals surface area contributed by atoms with Crippen LogP contribution in [-0.4, -0.2) is 22.6 Å². The topological polar surface area (TPSA) is 67.1 Å². The second kappa shape index (κ2) is 5.84. The largest absolute Gasteiger partial charge is 0.354 e. The van der Waals surface area contributed by atoms with Gasteiger partial charge in [0.15, 0.2) is 0 Å². The molecule has 0 atom stereocenters. The van der Waals surface area contributed by atoms with Crippen LogP contribution in [0.1, 0.15) is 27.2 Å². The molecule has 0 bridgehead atoms. The van der Waals surface area contributed by atoms with Gasteiger partial charge in [0.25, 0.3) is 0 Å². The Balaban J connectivity index is 2.61. The quantitative estimate of drug-likeness (QED) is 0.638. The van der Waals surface area contributed by atoms with Crippen LogP contribution in [0.5, 0.6) is 0 Å². The molecule has 3 N–H and O–H groups in total. The first-order valence-corrected chi connectivity index (χ1v) is 6.67. The summed E-state index contributed by atoms with van der Waals surface area (Å²) < 4.78 is 0. The number of nitrogens with two attached hydrogens (primary N) is 1. The Morgan fingerprint density at radius 1 is 1.26 bits per heavy atom. The van der Waals surface area contributed by atoms with Gasteiger partial charge < -0.3 is 4.90 Å². The number of nitrogens with zero attached hydrogens (tertiary/aromatic N) is 3. The van der Waals surface area contributed by atoms with Crippen molar-refractivity contribution in [3.63, 3.8) is 0 Å². The van der Waals surface area contributed by atoms with Gasteiger partial charge in [-0.3, -0.25) is 5.43 Å². The lowest BCUT2D eigenvalue weighted by Gasteiger charge is -2.28. The van der Waals surface area contributed by atoms with Gasteiger partial charge in [-0.05, 0) is 32.4 Å². The summed E-state index contributed by atoms with van der Waals surface area (Å²) in [7, 11) is 0. The number of nitrogens with one attached hydrogen (secondary N) is 1. The van der Waals surface area contributed by atoms with Crippen LogP contribution >= 0.6 is 0 Å². The van der Waals surface area contributed by atoms with Crippen LogP contribution in [0, 0.1) is 0 Å². The zero-order valence-electron chi connectivity index (χ0n) is 11.7. The van der Waals surface area contributed by atoms with Crippen molar-refractivity contribution in [3.05, 3.63) is 24.3 Å². The van der Waals surface area contributed by atoms with Crippen LogP contribution in [0.3, 0.4) is 0 Å². The Morgan fingerprint density at radius 2 is 2.00 bits per heavy atom. The maximum Gasteiger partial charge on any atom is 0.239 e. The Morgan fingerprint density at radius 3 is 2.63 bits per heavy atom. The molecular formula is C14H21N5. The monoisotopic (exact) mass is 259 g/mol. The van der Waals surface area contributed by atoms with Crippen molar-refractivity contribution in [2.24, 2.45) is 5.84 Å². The fourth-order valence-corrected chi connectivity index (χ4v) is 2.19. The van der Waals surface area contributed by atoms with Gasteiger partial charge in [-0.25, -0.2) is 10.8 Å². The fourth-order valence-electron chi connectivity index (χ4n) is 2.19. The van der Waals surface area contributed by atoms with Crippen LogP contribution in [0.2, 0.25) is 0 Å². The highest BCUT2D eigenvalue weighted by Crippen LogP contribution is 2.26. The maximum absolute atomic E-state index is 5.47. The highest BCUT2D eigenvalue weighted by molar-refractivity contribution is 5.90. The molecule has 5 nitrogen and oxygen atoms in total. The Bertz CT molecular complexity index is 553. The first kappa shape index (κ1) is 13.5. The van der Waals surface area contributed by atoms with Crippen molar-refractivity contribution in [2.75, 3.05) is 16.9 Å². The van der Waals surface area contributed by atoms with Crippen molar-refractivity contribution < 1.29 is 0 Å². The van der Waals surface area contributed by atoms with Crippen LogP contribution < -0.4 is 16.2 Å². The first-order chi connectivity index (χ1) is 9.17. The minimum atomic E-state index is 0.379. The summed E-state index contributed by atoms with van der Waals surface area (Å²) in [6.07, 6.45) is 1.07. The van der Waals surface area contributed by atoms with E-state index < -0.39 is 0 Å². The number of aromatic nitrogens is 2. The van der Waals surface area contributed by atoms with Gasteiger partial charge in [0, 0.05) is 18.0 Å². The molecule has 0 spiro atoms. The number of benzene rings is 1. The smallest absolute Gasteiger partial charge is 0.239 e. The molecule has 0 saturated carbocycles. The Labute approximate surface area is 113 Å². The predicted molar refractivity (Wildman–Crippen MR) is 80.1 cm³/mol. The van der Waals surface area contributed by atoms with E-state index in [1.54, 1.807) is 0 Å². The molecule has 1 heterocycles. The summed E-state index contributed by atoms with van der Waals surface area (Å²) in [5.41, 5.74) is 3.45. The van der Waals surface area contributed by atoms with Crippen molar-refractivity contribution in [1.82, 2.24) is 9.97 Å². The fraction of sp³-hybridized carbons (Fsp3) is 0.429. The first-order valence-electron chi connectivity index (χ1n) is 6.67. The molecule has 0 fully saturated rings. The molecule has 2 aromatic rings. The van der Waals surface area contributed by atoms with E-state index in [0.717, 1.165) is 29.7 Å².